The van der Waals surface area contributed by atoms with E-state index in [2.05, 4.69) is 20.8 Å². The van der Waals surface area contributed by atoms with Gasteiger partial charge >= 0.3 is 0 Å². The van der Waals surface area contributed by atoms with E-state index < -0.39 is 0 Å². The van der Waals surface area contributed by atoms with Crippen LogP contribution in [0.25, 0.3) is 0 Å². The van der Waals surface area contributed by atoms with Gasteiger partial charge < -0.3 is 0 Å². The molecule has 0 amide bonds. The second-order valence-electron chi connectivity index (χ2n) is 8.74. The van der Waals surface area contributed by atoms with Crippen molar-refractivity contribution in [2.45, 2.75) is 155 Å². The lowest BCUT2D eigenvalue weighted by molar-refractivity contribution is 0.404. The number of rotatable bonds is 22. The minimum Gasteiger partial charge on any atom is -0.0654 e. The maximum atomic E-state index is 4.19. The van der Waals surface area contributed by atoms with Gasteiger partial charge in [0.05, 0.1) is 0 Å². The average molecular weight is 366 g/mol. The molecule has 26 heavy (non-hydrogen) atoms. The standard InChI is InChI=1S/C26H53/c1-4-7-9-11-13-14-15-16-17-18-19-21-23-25-26(6-3)24-22-20-12-10-8-5-2/h26H,3-25H2,1-2H3. The maximum Gasteiger partial charge on any atom is -0.0414 e. The topological polar surface area (TPSA) is 0 Å². The zero-order valence-electron chi connectivity index (χ0n) is 18.8. The Morgan fingerprint density at radius 3 is 0.962 bits per heavy atom. The Balaban J connectivity index is 3.23. The Hall–Kier alpha value is 0. The Labute approximate surface area is 168 Å². The van der Waals surface area contributed by atoms with Crippen LogP contribution in [0.1, 0.15) is 155 Å². The maximum absolute atomic E-state index is 4.19. The van der Waals surface area contributed by atoms with Gasteiger partial charge in [-0.2, -0.15) is 0 Å². The summed E-state index contributed by atoms with van der Waals surface area (Å²) in [5.74, 6) is 0.911. The third-order valence-electron chi connectivity index (χ3n) is 6.09. The van der Waals surface area contributed by atoms with Gasteiger partial charge in [0.2, 0.25) is 0 Å². The van der Waals surface area contributed by atoms with Crippen LogP contribution in [-0.2, 0) is 0 Å². The third-order valence-corrected chi connectivity index (χ3v) is 6.09. The summed E-state index contributed by atoms with van der Waals surface area (Å²) in [5, 5.41) is 0. The van der Waals surface area contributed by atoms with Crippen molar-refractivity contribution >= 4 is 0 Å². The van der Waals surface area contributed by atoms with Crippen LogP contribution in [0.2, 0.25) is 0 Å². The van der Waals surface area contributed by atoms with E-state index >= 15 is 0 Å². The molecule has 0 nitrogen and oxygen atoms in total. The molecule has 0 rings (SSSR count). The smallest absolute Gasteiger partial charge is 0.0414 e. The summed E-state index contributed by atoms with van der Waals surface area (Å²) >= 11 is 0. The Bertz CT molecular complexity index is 232. The van der Waals surface area contributed by atoms with Crippen LogP contribution in [0.15, 0.2) is 0 Å². The van der Waals surface area contributed by atoms with Gasteiger partial charge in [-0.25, -0.2) is 0 Å². The molecule has 0 aromatic heterocycles. The van der Waals surface area contributed by atoms with Crippen molar-refractivity contribution in [3.8, 4) is 0 Å². The van der Waals surface area contributed by atoms with Crippen LogP contribution < -0.4 is 0 Å². The van der Waals surface area contributed by atoms with Crippen LogP contribution in [-0.4, -0.2) is 0 Å². The molecule has 1 atom stereocenters. The van der Waals surface area contributed by atoms with Gasteiger partial charge in [0.1, 0.15) is 0 Å². The molecule has 0 aromatic rings. The second kappa shape index (κ2) is 23.0. The van der Waals surface area contributed by atoms with Crippen LogP contribution in [0.3, 0.4) is 0 Å². The molecule has 0 saturated carbocycles. The molecule has 0 N–H and O–H groups in total. The lowest BCUT2D eigenvalue weighted by Gasteiger charge is -2.14. The number of unbranched alkanes of at least 4 members (excludes halogenated alkanes) is 17. The molecule has 0 saturated heterocycles. The van der Waals surface area contributed by atoms with Gasteiger partial charge in [0.25, 0.3) is 0 Å². The van der Waals surface area contributed by atoms with Crippen molar-refractivity contribution in [1.82, 2.24) is 0 Å². The minimum atomic E-state index is 0.911. The zero-order valence-corrected chi connectivity index (χ0v) is 18.8. The highest BCUT2D eigenvalue weighted by Gasteiger charge is 2.05. The molecule has 1 unspecified atom stereocenters. The largest absolute Gasteiger partial charge is 0.0654 e. The summed E-state index contributed by atoms with van der Waals surface area (Å²) in [6.07, 6.45) is 31.6. The van der Waals surface area contributed by atoms with E-state index in [1.165, 1.54) is 135 Å². The van der Waals surface area contributed by atoms with Crippen LogP contribution in [0, 0.1) is 12.8 Å². The van der Waals surface area contributed by atoms with Crippen molar-refractivity contribution in [2.75, 3.05) is 0 Å². The summed E-state index contributed by atoms with van der Waals surface area (Å²) in [7, 11) is 0. The first-order chi connectivity index (χ1) is 12.8. The summed E-state index contributed by atoms with van der Waals surface area (Å²) in [6, 6.07) is 0. The van der Waals surface area contributed by atoms with E-state index in [0.717, 1.165) is 12.3 Å². The summed E-state index contributed by atoms with van der Waals surface area (Å²) in [4.78, 5) is 0. The van der Waals surface area contributed by atoms with Crippen molar-refractivity contribution in [2.24, 2.45) is 5.92 Å². The predicted molar refractivity (Wildman–Crippen MR) is 122 cm³/mol. The van der Waals surface area contributed by atoms with E-state index in [4.69, 9.17) is 0 Å². The zero-order chi connectivity index (χ0) is 19.1. The van der Waals surface area contributed by atoms with E-state index in [1.807, 2.05) is 0 Å². The molecule has 0 spiro atoms. The van der Waals surface area contributed by atoms with Gasteiger partial charge in [-0.1, -0.05) is 162 Å². The van der Waals surface area contributed by atoms with E-state index in [-0.39, 0.29) is 0 Å². The highest BCUT2D eigenvalue weighted by Crippen LogP contribution is 2.21. The Morgan fingerprint density at radius 1 is 0.423 bits per heavy atom. The SMILES string of the molecule is [CH2]CC(CCCCCCCC)CCCCCCCCCCCCCCC. The van der Waals surface area contributed by atoms with Gasteiger partial charge in [-0.15, -0.1) is 0 Å². The van der Waals surface area contributed by atoms with Crippen molar-refractivity contribution in [3.05, 3.63) is 6.92 Å². The monoisotopic (exact) mass is 365 g/mol. The van der Waals surface area contributed by atoms with Gasteiger partial charge in [0.15, 0.2) is 0 Å². The quantitative estimate of drug-likeness (QED) is 0.167. The molecule has 0 bridgehead atoms. The van der Waals surface area contributed by atoms with E-state index in [1.54, 1.807) is 0 Å². The van der Waals surface area contributed by atoms with Crippen LogP contribution >= 0.6 is 0 Å². The summed E-state index contributed by atoms with van der Waals surface area (Å²) in [5.41, 5.74) is 0. The van der Waals surface area contributed by atoms with E-state index in [0.29, 0.717) is 0 Å². The fraction of sp³-hybridized carbons (Fsp3) is 0.962. The molecule has 0 aliphatic rings. The summed E-state index contributed by atoms with van der Waals surface area (Å²) < 4.78 is 0. The molecule has 0 heteroatoms. The number of hydrogen-bond donors (Lipinski definition) is 0. The fourth-order valence-corrected chi connectivity index (χ4v) is 4.10. The Kier molecular flexibility index (Phi) is 23.0. The minimum absolute atomic E-state index is 0.911. The van der Waals surface area contributed by atoms with Gasteiger partial charge in [-0.3, -0.25) is 0 Å². The first kappa shape index (κ1) is 26.0. The van der Waals surface area contributed by atoms with Crippen LogP contribution in [0.4, 0.5) is 0 Å². The number of hydrogen-bond acceptors (Lipinski definition) is 0. The fourth-order valence-electron chi connectivity index (χ4n) is 4.10. The molecule has 0 aliphatic carbocycles. The molecule has 0 aromatic carbocycles. The molecule has 0 heterocycles. The van der Waals surface area contributed by atoms with E-state index in [9.17, 15) is 0 Å². The molecular weight excluding hydrogens is 312 g/mol. The van der Waals surface area contributed by atoms with Gasteiger partial charge in [-0.05, 0) is 5.92 Å². The predicted octanol–water partition coefficient (Wildman–Crippen LogP) is 10.1. The van der Waals surface area contributed by atoms with Crippen molar-refractivity contribution < 1.29 is 0 Å². The highest BCUT2D eigenvalue weighted by atomic mass is 14.1. The van der Waals surface area contributed by atoms with Crippen molar-refractivity contribution in [1.29, 1.82) is 0 Å². The average Bonchev–Trinajstić information content (AvgIpc) is 2.66. The molecule has 1 radical (unpaired) electrons. The lowest BCUT2D eigenvalue weighted by atomic mass is 9.92. The second-order valence-corrected chi connectivity index (χ2v) is 8.74. The first-order valence-electron chi connectivity index (χ1n) is 12.6. The third kappa shape index (κ3) is 20.3. The van der Waals surface area contributed by atoms with Crippen LogP contribution in [0.5, 0.6) is 0 Å². The normalized spacial score (nSPS) is 12.6. The Morgan fingerprint density at radius 2 is 0.692 bits per heavy atom. The summed E-state index contributed by atoms with van der Waals surface area (Å²) in [6.45, 7) is 8.80. The van der Waals surface area contributed by atoms with Gasteiger partial charge in [0, 0.05) is 0 Å². The lowest BCUT2D eigenvalue weighted by Crippen LogP contribution is -1.99. The first-order valence-corrected chi connectivity index (χ1v) is 12.6. The van der Waals surface area contributed by atoms with Crippen molar-refractivity contribution in [3.63, 3.8) is 0 Å². The molecular formula is C26H53. The molecule has 157 valence electrons. The highest BCUT2D eigenvalue weighted by molar-refractivity contribution is 4.62. The molecule has 0 aliphatic heterocycles. The molecule has 0 fully saturated rings.